The van der Waals surface area contributed by atoms with Crippen LogP contribution in [-0.2, 0) is 114 Å². The summed E-state index contributed by atoms with van der Waals surface area (Å²) in [5.41, 5.74) is 40.5. The molecule has 2 aromatic rings. The summed E-state index contributed by atoms with van der Waals surface area (Å²) in [7, 11) is 0. The van der Waals surface area contributed by atoms with Gasteiger partial charge < -0.3 is 177 Å². The highest BCUT2D eigenvalue weighted by Gasteiger charge is 2.42. The number of primary amides is 1. The number of benzene rings is 2. The molecule has 1 aliphatic heterocycles. The fraction of sp³-hybridized carbons (Fsp3) is 0.624. The van der Waals surface area contributed by atoms with Crippen LogP contribution in [0.4, 0.5) is 0 Å². The molecule has 1 aliphatic rings. The Kier molecular flexibility index (Phi) is 61.3. The molecule has 0 bridgehead atoms. The molecule has 20 amide bonds. The van der Waals surface area contributed by atoms with Gasteiger partial charge in [-0.15, -0.1) is 0 Å². The molecular formula is C93H154N30O26S. The van der Waals surface area contributed by atoms with Gasteiger partial charge in [0.05, 0.1) is 45.6 Å². The zero-order valence-corrected chi connectivity index (χ0v) is 86.1. The number of aliphatic hydroxyl groups excluding tert-OH is 4. The van der Waals surface area contributed by atoms with Gasteiger partial charge >= 0.3 is 5.97 Å². The summed E-state index contributed by atoms with van der Waals surface area (Å²) in [6, 6.07) is -9.05. The van der Waals surface area contributed by atoms with E-state index in [1.54, 1.807) is 80.8 Å². The molecule has 57 heteroatoms. The molecule has 838 valence electrons. The predicted molar refractivity (Wildman–Crippen MR) is 546 cm³/mol. The number of guanidine groups is 2. The monoisotopic (exact) mass is 2140 g/mol. The van der Waals surface area contributed by atoms with Gasteiger partial charge in [-0.25, -0.2) is 4.79 Å². The lowest BCUT2D eigenvalue weighted by molar-refractivity contribution is -0.143. The summed E-state index contributed by atoms with van der Waals surface area (Å²) < 4.78 is 0. The van der Waals surface area contributed by atoms with Crippen LogP contribution in [0.1, 0.15) is 161 Å². The lowest BCUT2D eigenvalue weighted by Crippen LogP contribution is -2.61. The van der Waals surface area contributed by atoms with E-state index >= 15 is 0 Å². The molecule has 56 nitrogen and oxygen atoms in total. The van der Waals surface area contributed by atoms with Gasteiger partial charge in [0.25, 0.3) is 0 Å². The largest absolute Gasteiger partial charge is 0.480 e. The van der Waals surface area contributed by atoms with Crippen LogP contribution in [0.15, 0.2) is 60.7 Å². The molecule has 1 saturated heterocycles. The number of nitrogens with two attached hydrogens (primary N) is 7. The minimum absolute atomic E-state index is 0.0136. The molecule has 18 atom stereocenters. The van der Waals surface area contributed by atoms with Crippen LogP contribution < -0.4 is 146 Å². The summed E-state index contributed by atoms with van der Waals surface area (Å²) in [6.07, 6.45) is 0.415. The average Bonchev–Trinajstić information content (AvgIpc) is 1.62. The van der Waals surface area contributed by atoms with Crippen LogP contribution in [0.2, 0.25) is 0 Å². The van der Waals surface area contributed by atoms with E-state index in [0.29, 0.717) is 36.8 Å². The Bertz CT molecular complexity index is 4790. The maximum atomic E-state index is 14.6. The number of likely N-dealkylation sites (tertiary alicyclic amines) is 1. The zero-order valence-electron chi connectivity index (χ0n) is 85.3. The van der Waals surface area contributed by atoms with Crippen LogP contribution in [-0.4, -0.2) is 366 Å². The fourth-order valence-electron chi connectivity index (χ4n) is 15.0. The average molecular weight is 2140 g/mol. The minimum Gasteiger partial charge on any atom is -0.480 e. The number of unbranched alkanes of at least 4 members (excludes halogenated alkanes) is 3. The van der Waals surface area contributed by atoms with E-state index in [1.807, 2.05) is 0 Å². The van der Waals surface area contributed by atoms with Gasteiger partial charge in [-0.05, 0) is 179 Å². The second kappa shape index (κ2) is 70.7. The number of nitrogens with one attached hydrogen (secondary N) is 22. The van der Waals surface area contributed by atoms with Gasteiger partial charge in [-0.3, -0.25) is 107 Å². The Hall–Kier alpha value is -14.1. The van der Waals surface area contributed by atoms with Gasteiger partial charge in [-0.2, -0.15) is 11.8 Å². The number of carboxylic acids is 1. The highest BCUT2D eigenvalue weighted by molar-refractivity contribution is 7.98. The molecule has 2 aromatic carbocycles. The van der Waals surface area contributed by atoms with Crippen molar-refractivity contribution in [3.8, 4) is 0 Å². The highest BCUT2D eigenvalue weighted by atomic mass is 32.2. The maximum Gasteiger partial charge on any atom is 0.328 e. The first-order valence-electron chi connectivity index (χ1n) is 49.4. The number of hydrogen-bond acceptors (Lipinski definition) is 32. The highest BCUT2D eigenvalue weighted by Crippen LogP contribution is 2.22. The van der Waals surface area contributed by atoms with E-state index in [2.05, 4.69) is 106 Å². The summed E-state index contributed by atoms with van der Waals surface area (Å²) in [4.78, 5) is 290. The normalized spacial score (nSPS) is 15.5. The van der Waals surface area contributed by atoms with Crippen molar-refractivity contribution in [1.82, 2.24) is 111 Å². The van der Waals surface area contributed by atoms with Crippen LogP contribution in [0.3, 0.4) is 0 Å². The molecule has 0 radical (unpaired) electrons. The first-order chi connectivity index (χ1) is 71.2. The number of aliphatic hydroxyl groups is 4. The van der Waals surface area contributed by atoms with Crippen molar-refractivity contribution in [2.24, 2.45) is 46.1 Å². The van der Waals surface area contributed by atoms with Crippen molar-refractivity contribution >= 4 is 148 Å². The standard InChI is InChI=1S/C93H154N30O26S/c1-50(2)73(121-71(130)45-105-87(144)68-31-21-40-123(68)90(147)63(30-20-39-104-93(101)102)116-85(142)64(117-77(134)56(97)47-124)42-54-22-9-7-10-23-54)88(145)106-46-72(131)122-74(53(5)127)89(146)107-44-70(129)110-62(34-41-150-6)83(140)113-59(28-15-18-37-96)80(137)112-57(26-13-16-35-94)78(135)109-52(4)76(133)119-66(48-125)86(143)118-65(43-55-24-11-8-12-25-55)84(141)115-61(32-33-69(98)128)82(139)114-60(29-19-38-103-92(99)100)79(136)108-51(3)75(132)111-58(27-14-17-36-95)81(138)120-67(49-126)91(148)149/h7-12,22-25,50-53,56-68,73-74,124-127H,13-21,26-49,94-97H2,1-6H3,(H2,98,128)(H,105,144)(H,106,145)(H,107,146)(H,108,136)(H,109,135)(H,110,129)(H,111,132)(H,112,137)(H,113,140)(H,114,139)(H,115,141)(H,116,142)(H,117,134)(H,118,143)(H,119,133)(H,120,138)(H,121,130)(H,122,131)(H,148,149)(H4,99,100,103)(H4,101,102,104)/t51-,52-,53+,56-,57-,58-,59-,60-,61-,62-,63-,64-,65-,66-,67-,68-,73-,74-/m0/s1. The summed E-state index contributed by atoms with van der Waals surface area (Å²) >= 11 is 1.27. The third-order valence-electron chi connectivity index (χ3n) is 23.5. The first-order valence-corrected chi connectivity index (χ1v) is 50.8. The molecule has 0 aliphatic carbocycles. The van der Waals surface area contributed by atoms with Crippen molar-refractivity contribution in [3.05, 3.63) is 71.8 Å². The van der Waals surface area contributed by atoms with Crippen LogP contribution in [0, 0.1) is 16.7 Å². The predicted octanol–water partition coefficient (Wildman–Crippen LogP) is -12.5. The van der Waals surface area contributed by atoms with Crippen molar-refractivity contribution in [3.63, 3.8) is 0 Å². The smallest absolute Gasteiger partial charge is 0.328 e. The van der Waals surface area contributed by atoms with Gasteiger partial charge in [0.1, 0.15) is 103 Å². The Balaban J connectivity index is 1.76. The molecule has 0 saturated carbocycles. The fourth-order valence-corrected chi connectivity index (χ4v) is 15.5. The molecule has 0 spiro atoms. The molecular weight excluding hydrogens is 1990 g/mol. The van der Waals surface area contributed by atoms with E-state index in [-0.39, 0.29) is 141 Å². The third kappa shape index (κ3) is 49.3. The number of thioether (sulfide) groups is 1. The van der Waals surface area contributed by atoms with E-state index in [1.165, 1.54) is 30.5 Å². The van der Waals surface area contributed by atoms with Crippen LogP contribution in [0.5, 0.6) is 0 Å². The number of rotatable bonds is 73. The van der Waals surface area contributed by atoms with Crippen molar-refractivity contribution < 1.29 is 126 Å². The molecule has 1 fully saturated rings. The summed E-state index contributed by atoms with van der Waals surface area (Å²) in [5.74, 6) is -22.0. The second-order valence-electron chi connectivity index (χ2n) is 36.1. The van der Waals surface area contributed by atoms with Crippen molar-refractivity contribution in [2.75, 3.05) is 90.7 Å². The lowest BCUT2D eigenvalue weighted by Gasteiger charge is -2.30. The van der Waals surface area contributed by atoms with E-state index in [0.717, 1.165) is 6.92 Å². The van der Waals surface area contributed by atoms with Gasteiger partial charge in [0.15, 0.2) is 11.9 Å². The van der Waals surface area contributed by atoms with Gasteiger partial charge in [-0.1, -0.05) is 74.5 Å². The molecule has 0 aromatic heterocycles. The van der Waals surface area contributed by atoms with E-state index in [9.17, 15) is 126 Å². The molecule has 3 rings (SSSR count). The number of hydrogen-bond donors (Lipinski definition) is 34. The van der Waals surface area contributed by atoms with Gasteiger partial charge in [0.2, 0.25) is 118 Å². The number of carbonyl (C=O) groups excluding carboxylic acids is 20. The van der Waals surface area contributed by atoms with Crippen LogP contribution >= 0.6 is 11.8 Å². The number of amides is 20. The molecule has 0 unspecified atom stereocenters. The topological polar surface area (TPSA) is 933 Å². The van der Waals surface area contributed by atoms with Crippen molar-refractivity contribution in [1.29, 1.82) is 10.8 Å². The van der Waals surface area contributed by atoms with Gasteiger partial charge in [0, 0.05) is 38.9 Å². The Morgan fingerprint density at radius 1 is 0.387 bits per heavy atom. The van der Waals surface area contributed by atoms with Crippen molar-refractivity contribution in [2.45, 2.75) is 272 Å². The Morgan fingerprint density at radius 2 is 0.733 bits per heavy atom. The van der Waals surface area contributed by atoms with E-state index < -0.39 is 297 Å². The summed E-state index contributed by atoms with van der Waals surface area (Å²) in [5, 5.41) is 114. The molecule has 150 heavy (non-hydrogen) atoms. The first kappa shape index (κ1) is 130. The SMILES string of the molecule is CSCC[C@H](NC(=O)CNC(=O)[C@@H](NC(=O)CNC(=O)[C@@H](NC(=O)CNC(=O)[C@@H]1CCCN1C(=O)[C@H](CCCNC(=N)N)NC(=O)[C@H](Cc1ccccc1)NC(=O)[C@@H](N)CO)C(C)C)[C@@H](C)O)C(=O)N[C@@H](CCCCN)C(=O)N[C@@H](CCCCN)C(=O)N[C@@H](C)C(=O)N[C@@H](CO)C(=O)N[C@@H](Cc1ccccc1)C(=O)N[C@@H](CCC(N)=O)C(=O)N[C@@H](CCCNC(=N)N)C(=O)N[C@@H](C)C(=O)N[C@@H](CCCCN)C(=O)N[C@@H](CO)C(=O)O. The van der Waals surface area contributed by atoms with Crippen LogP contribution in [0.25, 0.3) is 0 Å². The molecule has 1 heterocycles. The number of carboxylic acid groups (broad SMARTS) is 1. The number of aliphatic carboxylic acids is 1. The third-order valence-corrected chi connectivity index (χ3v) is 24.1. The minimum atomic E-state index is -1.89. The number of nitrogens with zero attached hydrogens (tertiary/aromatic N) is 1. The maximum absolute atomic E-state index is 14.6. The van der Waals surface area contributed by atoms with E-state index in [4.69, 9.17) is 51.0 Å². The number of carbonyl (C=O) groups is 21. The Morgan fingerprint density at radius 3 is 1.13 bits per heavy atom. The zero-order chi connectivity index (χ0) is 112. The summed E-state index contributed by atoms with van der Waals surface area (Å²) in [6.45, 7) is 1.99. The lowest BCUT2D eigenvalue weighted by atomic mass is 10.0. The second-order valence-corrected chi connectivity index (χ2v) is 37.1. The molecule has 41 N–H and O–H groups in total. The Labute approximate surface area is 872 Å². The quantitative estimate of drug-likeness (QED) is 0.0166.